The number of nitrogens with zero attached hydrogens (tertiary/aromatic N) is 3. The molecule has 0 fully saturated rings. The van der Waals surface area contributed by atoms with Crippen LogP contribution in [0.15, 0.2) is 48.8 Å². The van der Waals surface area contributed by atoms with Crippen molar-refractivity contribution in [1.29, 1.82) is 0 Å². The summed E-state index contributed by atoms with van der Waals surface area (Å²) >= 11 is 1.41. The molecule has 0 spiro atoms. The van der Waals surface area contributed by atoms with E-state index in [1.54, 1.807) is 31.3 Å². The zero-order valence-corrected chi connectivity index (χ0v) is 16.4. The average molecular weight is 382 g/mol. The number of hydrogen-bond donors (Lipinski definition) is 1. The molecule has 3 aromatic rings. The van der Waals surface area contributed by atoms with Crippen LogP contribution >= 0.6 is 11.3 Å². The first-order valence-electron chi connectivity index (χ1n) is 8.71. The van der Waals surface area contributed by atoms with Gasteiger partial charge in [0.15, 0.2) is 0 Å². The number of imidazole rings is 1. The number of nitrogens with one attached hydrogen (secondary N) is 1. The molecule has 27 heavy (non-hydrogen) atoms. The molecule has 6 nitrogen and oxygen atoms in total. The molecule has 7 heteroatoms. The van der Waals surface area contributed by atoms with E-state index < -0.39 is 0 Å². The van der Waals surface area contributed by atoms with E-state index in [4.69, 9.17) is 0 Å². The van der Waals surface area contributed by atoms with Crippen molar-refractivity contribution in [3.63, 3.8) is 0 Å². The Kier molecular flexibility index (Phi) is 5.71. The minimum absolute atomic E-state index is 0.0643. The van der Waals surface area contributed by atoms with Gasteiger partial charge in [-0.2, -0.15) is 0 Å². The molecule has 0 saturated heterocycles. The molecule has 0 atom stereocenters. The highest BCUT2D eigenvalue weighted by Crippen LogP contribution is 2.29. The average Bonchev–Trinajstić information content (AvgIpc) is 3.36. The van der Waals surface area contributed by atoms with E-state index in [-0.39, 0.29) is 11.8 Å². The molecule has 1 aromatic carbocycles. The number of rotatable bonds is 6. The summed E-state index contributed by atoms with van der Waals surface area (Å²) in [6.07, 6.45) is 3.66. The number of aryl methyl sites for hydroxylation is 1. The lowest BCUT2D eigenvalue weighted by Crippen LogP contribution is -2.27. The molecule has 0 aliphatic heterocycles. The monoisotopic (exact) mass is 382 g/mol. The third-order valence-electron chi connectivity index (χ3n) is 4.32. The molecule has 3 rings (SSSR count). The van der Waals surface area contributed by atoms with Crippen LogP contribution in [0.4, 0.5) is 0 Å². The normalized spacial score (nSPS) is 10.6. The lowest BCUT2D eigenvalue weighted by molar-refractivity contribution is 0.0780. The topological polar surface area (TPSA) is 67.2 Å². The fraction of sp³-hybridized carbons (Fsp3) is 0.250. The second kappa shape index (κ2) is 8.18. The van der Waals surface area contributed by atoms with E-state index >= 15 is 0 Å². The summed E-state index contributed by atoms with van der Waals surface area (Å²) in [5, 5.41) is 2.62. The van der Waals surface area contributed by atoms with Gasteiger partial charge in [0, 0.05) is 43.5 Å². The van der Waals surface area contributed by atoms with E-state index in [2.05, 4.69) is 10.3 Å². The summed E-state index contributed by atoms with van der Waals surface area (Å²) in [6, 6.07) is 11.2. The largest absolute Gasteiger partial charge is 0.354 e. The molecule has 0 saturated carbocycles. The van der Waals surface area contributed by atoms with Crippen LogP contribution in [-0.4, -0.2) is 40.4 Å². The Labute approximate surface area is 162 Å². The van der Waals surface area contributed by atoms with Crippen molar-refractivity contribution in [1.82, 2.24) is 19.8 Å². The van der Waals surface area contributed by atoms with E-state index in [0.717, 1.165) is 22.8 Å². The van der Waals surface area contributed by atoms with Crippen molar-refractivity contribution < 1.29 is 9.59 Å². The minimum Gasteiger partial charge on any atom is -0.354 e. The molecule has 0 bridgehead atoms. The van der Waals surface area contributed by atoms with Gasteiger partial charge in [-0.25, -0.2) is 4.98 Å². The quantitative estimate of drug-likeness (QED) is 0.712. The fourth-order valence-corrected chi connectivity index (χ4v) is 3.78. The predicted molar refractivity (Wildman–Crippen MR) is 107 cm³/mol. The highest BCUT2D eigenvalue weighted by Gasteiger charge is 2.16. The van der Waals surface area contributed by atoms with Gasteiger partial charge in [0.05, 0.1) is 11.4 Å². The third kappa shape index (κ3) is 4.09. The molecule has 140 valence electrons. The zero-order valence-electron chi connectivity index (χ0n) is 15.6. The van der Waals surface area contributed by atoms with Gasteiger partial charge < -0.3 is 14.8 Å². The van der Waals surface area contributed by atoms with Gasteiger partial charge in [-0.1, -0.05) is 12.1 Å². The Morgan fingerprint density at radius 1 is 1.26 bits per heavy atom. The Morgan fingerprint density at radius 2 is 2.07 bits per heavy atom. The standard InChI is InChI=1S/C20H22N4O2S/c1-4-24-11-10-22-18(24)13-23(3)20(26)15-7-5-6-14(12-15)16-8-9-17(27-16)19(25)21-2/h5-12H,4,13H2,1-3H3,(H,21,25). The van der Waals surface area contributed by atoms with Crippen LogP contribution in [0.25, 0.3) is 10.4 Å². The second-order valence-corrected chi connectivity index (χ2v) is 7.20. The number of thiophene rings is 1. The molecular weight excluding hydrogens is 360 g/mol. The van der Waals surface area contributed by atoms with E-state index in [1.165, 1.54) is 11.3 Å². The van der Waals surface area contributed by atoms with Crippen LogP contribution in [0, 0.1) is 0 Å². The maximum atomic E-state index is 12.8. The Morgan fingerprint density at radius 3 is 2.81 bits per heavy atom. The van der Waals surface area contributed by atoms with Crippen LogP contribution in [0.3, 0.4) is 0 Å². The highest BCUT2D eigenvalue weighted by atomic mass is 32.1. The van der Waals surface area contributed by atoms with Gasteiger partial charge >= 0.3 is 0 Å². The van der Waals surface area contributed by atoms with Crippen molar-refractivity contribution in [2.24, 2.45) is 0 Å². The summed E-state index contributed by atoms with van der Waals surface area (Å²) in [7, 11) is 3.39. The highest BCUT2D eigenvalue weighted by molar-refractivity contribution is 7.17. The van der Waals surface area contributed by atoms with Gasteiger partial charge in [0.1, 0.15) is 5.82 Å². The van der Waals surface area contributed by atoms with Crippen molar-refractivity contribution in [3.05, 3.63) is 65.1 Å². The van der Waals surface area contributed by atoms with E-state index in [0.29, 0.717) is 17.0 Å². The lowest BCUT2D eigenvalue weighted by atomic mass is 10.1. The molecule has 0 unspecified atom stereocenters. The van der Waals surface area contributed by atoms with Crippen molar-refractivity contribution >= 4 is 23.2 Å². The Balaban J connectivity index is 1.79. The molecule has 0 aliphatic carbocycles. The number of benzene rings is 1. The maximum Gasteiger partial charge on any atom is 0.261 e. The summed E-state index contributed by atoms with van der Waals surface area (Å²) in [6.45, 7) is 3.31. The summed E-state index contributed by atoms with van der Waals surface area (Å²) in [5.74, 6) is 0.688. The third-order valence-corrected chi connectivity index (χ3v) is 5.45. The Hall–Kier alpha value is -2.93. The fourth-order valence-electron chi connectivity index (χ4n) is 2.83. The molecule has 0 radical (unpaired) electrons. The Bertz CT molecular complexity index is 960. The second-order valence-electron chi connectivity index (χ2n) is 6.11. The predicted octanol–water partition coefficient (Wildman–Crippen LogP) is 3.26. The van der Waals surface area contributed by atoms with E-state index in [9.17, 15) is 9.59 Å². The first-order chi connectivity index (χ1) is 13.0. The van der Waals surface area contributed by atoms with Crippen LogP contribution in [0.2, 0.25) is 0 Å². The molecule has 2 aromatic heterocycles. The first-order valence-corrected chi connectivity index (χ1v) is 9.53. The van der Waals surface area contributed by atoms with Gasteiger partial charge in [-0.3, -0.25) is 9.59 Å². The summed E-state index contributed by atoms with van der Waals surface area (Å²) < 4.78 is 2.02. The van der Waals surface area contributed by atoms with E-state index in [1.807, 2.05) is 48.0 Å². The lowest BCUT2D eigenvalue weighted by Gasteiger charge is -2.18. The first kappa shape index (κ1) is 18.8. The van der Waals surface area contributed by atoms with Gasteiger partial charge in [0.25, 0.3) is 11.8 Å². The summed E-state index contributed by atoms with van der Waals surface area (Å²) in [5.41, 5.74) is 1.53. The maximum absolute atomic E-state index is 12.8. The summed E-state index contributed by atoms with van der Waals surface area (Å²) in [4.78, 5) is 32.2. The minimum atomic E-state index is -0.107. The van der Waals surface area contributed by atoms with Crippen LogP contribution in [0.1, 0.15) is 32.8 Å². The number of hydrogen-bond acceptors (Lipinski definition) is 4. The number of aromatic nitrogens is 2. The molecule has 1 N–H and O–H groups in total. The number of carbonyl (C=O) groups excluding carboxylic acids is 2. The van der Waals surface area contributed by atoms with Crippen LogP contribution in [0.5, 0.6) is 0 Å². The van der Waals surface area contributed by atoms with Gasteiger partial charge in [-0.05, 0) is 36.8 Å². The molecule has 2 amide bonds. The van der Waals surface area contributed by atoms with Crippen molar-refractivity contribution in [2.75, 3.05) is 14.1 Å². The van der Waals surface area contributed by atoms with Crippen LogP contribution < -0.4 is 5.32 Å². The smallest absolute Gasteiger partial charge is 0.261 e. The molecule has 2 heterocycles. The number of carbonyl (C=O) groups is 2. The number of amides is 2. The van der Waals surface area contributed by atoms with Crippen molar-refractivity contribution in [3.8, 4) is 10.4 Å². The molecular formula is C20H22N4O2S. The van der Waals surface area contributed by atoms with Gasteiger partial charge in [-0.15, -0.1) is 11.3 Å². The van der Waals surface area contributed by atoms with Crippen molar-refractivity contribution in [2.45, 2.75) is 20.0 Å². The van der Waals surface area contributed by atoms with Gasteiger partial charge in [0.2, 0.25) is 0 Å². The SMILES string of the molecule is CCn1ccnc1CN(C)C(=O)c1cccc(-c2ccc(C(=O)NC)s2)c1. The van der Waals surface area contributed by atoms with Crippen LogP contribution in [-0.2, 0) is 13.1 Å². The zero-order chi connectivity index (χ0) is 19.4. The molecule has 0 aliphatic rings.